The molecule has 0 aliphatic heterocycles. The van der Waals surface area contributed by atoms with Crippen LogP contribution in [0.2, 0.25) is 5.15 Å². The van der Waals surface area contributed by atoms with Crippen LogP contribution in [0.15, 0.2) is 48.5 Å². The van der Waals surface area contributed by atoms with Gasteiger partial charge in [0.05, 0.1) is 5.52 Å². The second kappa shape index (κ2) is 5.70. The Labute approximate surface area is 127 Å². The van der Waals surface area contributed by atoms with Crippen LogP contribution in [-0.2, 0) is 6.61 Å². The predicted molar refractivity (Wildman–Crippen MR) is 82.2 cm³/mol. The van der Waals surface area contributed by atoms with Gasteiger partial charge in [-0.3, -0.25) is 0 Å². The van der Waals surface area contributed by atoms with E-state index in [0.29, 0.717) is 23.0 Å². The quantitative estimate of drug-likeness (QED) is 0.641. The Balaban J connectivity index is 2.02. The van der Waals surface area contributed by atoms with Crippen molar-refractivity contribution in [3.05, 3.63) is 70.6 Å². The Morgan fingerprint density at radius 1 is 1.14 bits per heavy atom. The number of fused-ring (bicyclic) bond motifs is 1. The van der Waals surface area contributed by atoms with Crippen molar-refractivity contribution in [2.75, 3.05) is 0 Å². The molecular formula is C17H13ClFNO. The molecule has 0 atom stereocenters. The average Bonchev–Trinajstić information content (AvgIpc) is 2.49. The Morgan fingerprint density at radius 2 is 1.90 bits per heavy atom. The van der Waals surface area contributed by atoms with E-state index in [9.17, 15) is 4.39 Å². The van der Waals surface area contributed by atoms with E-state index in [0.717, 1.165) is 16.5 Å². The van der Waals surface area contributed by atoms with Crippen LogP contribution < -0.4 is 4.74 Å². The summed E-state index contributed by atoms with van der Waals surface area (Å²) >= 11 is 6.11. The summed E-state index contributed by atoms with van der Waals surface area (Å²) < 4.78 is 19.2. The fourth-order valence-electron chi connectivity index (χ4n) is 2.19. The molecule has 0 spiro atoms. The molecule has 0 bridgehead atoms. The van der Waals surface area contributed by atoms with Crippen LogP contribution in [0.5, 0.6) is 5.75 Å². The van der Waals surface area contributed by atoms with Gasteiger partial charge in [-0.2, -0.15) is 0 Å². The third kappa shape index (κ3) is 2.83. The van der Waals surface area contributed by atoms with Crippen LogP contribution in [-0.4, -0.2) is 4.98 Å². The molecule has 0 aliphatic rings. The summed E-state index contributed by atoms with van der Waals surface area (Å²) in [5, 5.41) is 1.09. The number of pyridine rings is 1. The number of halogens is 2. The van der Waals surface area contributed by atoms with E-state index in [1.807, 2.05) is 37.3 Å². The van der Waals surface area contributed by atoms with E-state index in [2.05, 4.69) is 4.98 Å². The topological polar surface area (TPSA) is 22.1 Å². The summed E-state index contributed by atoms with van der Waals surface area (Å²) in [6.07, 6.45) is 0. The smallest absolute Gasteiger partial charge is 0.136 e. The van der Waals surface area contributed by atoms with Crippen molar-refractivity contribution in [1.82, 2.24) is 4.98 Å². The number of hydrogen-bond acceptors (Lipinski definition) is 2. The van der Waals surface area contributed by atoms with E-state index in [4.69, 9.17) is 16.3 Å². The van der Waals surface area contributed by atoms with E-state index in [1.54, 1.807) is 6.07 Å². The summed E-state index contributed by atoms with van der Waals surface area (Å²) in [5.74, 6) is 0.304. The maximum atomic E-state index is 13.3. The first-order valence-corrected chi connectivity index (χ1v) is 6.95. The van der Waals surface area contributed by atoms with Crippen molar-refractivity contribution in [1.29, 1.82) is 0 Å². The highest BCUT2D eigenvalue weighted by molar-refractivity contribution is 6.31. The van der Waals surface area contributed by atoms with E-state index >= 15 is 0 Å². The second-order valence-electron chi connectivity index (χ2n) is 4.79. The van der Waals surface area contributed by atoms with Crippen molar-refractivity contribution < 1.29 is 9.13 Å². The monoisotopic (exact) mass is 301 g/mol. The first kappa shape index (κ1) is 13.8. The zero-order valence-electron chi connectivity index (χ0n) is 11.4. The van der Waals surface area contributed by atoms with Gasteiger partial charge in [-0.05, 0) is 24.6 Å². The molecule has 0 unspecified atom stereocenters. The molecule has 2 nitrogen and oxygen atoms in total. The SMILES string of the molecule is Cc1c(Cl)nc2cc(F)ccc2c1OCc1ccccc1. The Bertz CT molecular complexity index is 790. The fourth-order valence-corrected chi connectivity index (χ4v) is 2.37. The molecule has 3 aromatic rings. The minimum Gasteiger partial charge on any atom is -0.488 e. The summed E-state index contributed by atoms with van der Waals surface area (Å²) in [6.45, 7) is 2.27. The molecule has 4 heteroatoms. The number of ether oxygens (including phenoxy) is 1. The molecule has 0 saturated carbocycles. The van der Waals surface area contributed by atoms with Crippen molar-refractivity contribution >= 4 is 22.5 Å². The van der Waals surface area contributed by atoms with Crippen molar-refractivity contribution in [2.45, 2.75) is 13.5 Å². The zero-order valence-corrected chi connectivity index (χ0v) is 12.2. The predicted octanol–water partition coefficient (Wildman–Crippen LogP) is 4.91. The van der Waals surface area contributed by atoms with Gasteiger partial charge in [0.25, 0.3) is 0 Å². The van der Waals surface area contributed by atoms with Gasteiger partial charge in [-0.25, -0.2) is 9.37 Å². The Kier molecular flexibility index (Phi) is 3.76. The third-order valence-corrected chi connectivity index (χ3v) is 3.67. The molecule has 0 saturated heterocycles. The number of benzene rings is 2. The molecule has 21 heavy (non-hydrogen) atoms. The first-order chi connectivity index (χ1) is 10.1. The van der Waals surface area contributed by atoms with Crippen molar-refractivity contribution in [3.8, 4) is 5.75 Å². The van der Waals surface area contributed by atoms with E-state index in [1.165, 1.54) is 12.1 Å². The Hall–Kier alpha value is -2.13. The van der Waals surface area contributed by atoms with Gasteiger partial charge in [0.2, 0.25) is 0 Å². The summed E-state index contributed by atoms with van der Waals surface area (Å²) in [5.41, 5.74) is 2.31. The summed E-state index contributed by atoms with van der Waals surface area (Å²) in [4.78, 5) is 4.20. The minimum atomic E-state index is -0.344. The highest BCUT2D eigenvalue weighted by atomic mass is 35.5. The number of nitrogens with zero attached hydrogens (tertiary/aromatic N) is 1. The highest BCUT2D eigenvalue weighted by Gasteiger charge is 2.12. The van der Waals surface area contributed by atoms with Gasteiger partial charge >= 0.3 is 0 Å². The van der Waals surface area contributed by atoms with E-state index < -0.39 is 0 Å². The molecule has 0 N–H and O–H groups in total. The lowest BCUT2D eigenvalue weighted by Gasteiger charge is -2.13. The summed E-state index contributed by atoms with van der Waals surface area (Å²) in [7, 11) is 0. The molecule has 1 heterocycles. The molecule has 0 aliphatic carbocycles. The molecule has 0 amide bonds. The fraction of sp³-hybridized carbons (Fsp3) is 0.118. The third-order valence-electron chi connectivity index (χ3n) is 3.30. The molecule has 0 radical (unpaired) electrons. The van der Waals surface area contributed by atoms with Gasteiger partial charge in [-0.1, -0.05) is 41.9 Å². The summed E-state index contributed by atoms with van der Waals surface area (Å²) in [6, 6.07) is 14.3. The first-order valence-electron chi connectivity index (χ1n) is 6.57. The number of aromatic nitrogens is 1. The zero-order chi connectivity index (χ0) is 14.8. The minimum absolute atomic E-state index is 0.330. The van der Waals surface area contributed by atoms with E-state index in [-0.39, 0.29) is 5.82 Å². The molecule has 106 valence electrons. The lowest BCUT2D eigenvalue weighted by Crippen LogP contribution is -1.99. The van der Waals surface area contributed by atoms with Gasteiger partial charge in [0.15, 0.2) is 0 Å². The largest absolute Gasteiger partial charge is 0.488 e. The van der Waals surface area contributed by atoms with Crippen molar-refractivity contribution in [3.63, 3.8) is 0 Å². The Morgan fingerprint density at radius 3 is 2.67 bits per heavy atom. The molecular weight excluding hydrogens is 289 g/mol. The standard InChI is InChI=1S/C17H13ClFNO/c1-11-16(21-10-12-5-3-2-4-6-12)14-8-7-13(19)9-15(14)20-17(11)18/h2-9H,10H2,1H3. The lowest BCUT2D eigenvalue weighted by atomic mass is 10.1. The van der Waals surface area contributed by atoms with Crippen LogP contribution in [0.25, 0.3) is 10.9 Å². The van der Waals surface area contributed by atoms with Gasteiger partial charge in [0, 0.05) is 17.0 Å². The number of rotatable bonds is 3. The maximum Gasteiger partial charge on any atom is 0.136 e. The molecule has 2 aromatic carbocycles. The molecule has 1 aromatic heterocycles. The molecule has 0 fully saturated rings. The van der Waals surface area contributed by atoms with Gasteiger partial charge in [0.1, 0.15) is 23.3 Å². The van der Waals surface area contributed by atoms with Crippen LogP contribution in [0.1, 0.15) is 11.1 Å². The van der Waals surface area contributed by atoms with Gasteiger partial charge < -0.3 is 4.74 Å². The van der Waals surface area contributed by atoms with Crippen LogP contribution >= 0.6 is 11.6 Å². The van der Waals surface area contributed by atoms with Crippen LogP contribution in [0.3, 0.4) is 0 Å². The highest BCUT2D eigenvalue weighted by Crippen LogP contribution is 2.33. The lowest BCUT2D eigenvalue weighted by molar-refractivity contribution is 0.308. The number of hydrogen-bond donors (Lipinski definition) is 0. The van der Waals surface area contributed by atoms with Crippen molar-refractivity contribution in [2.24, 2.45) is 0 Å². The average molecular weight is 302 g/mol. The van der Waals surface area contributed by atoms with Crippen LogP contribution in [0, 0.1) is 12.7 Å². The van der Waals surface area contributed by atoms with Crippen LogP contribution in [0.4, 0.5) is 4.39 Å². The maximum absolute atomic E-state index is 13.3. The second-order valence-corrected chi connectivity index (χ2v) is 5.15. The normalized spacial score (nSPS) is 10.8. The molecule has 3 rings (SSSR count). The van der Waals surface area contributed by atoms with Gasteiger partial charge in [-0.15, -0.1) is 0 Å².